The number of imidazole rings is 1. The number of carbonyl (C=O) groups excluding carboxylic acids is 1. The summed E-state index contributed by atoms with van der Waals surface area (Å²) in [5, 5.41) is 20.7. The summed E-state index contributed by atoms with van der Waals surface area (Å²) in [6.45, 7) is 3.37. The van der Waals surface area contributed by atoms with Gasteiger partial charge in [-0.15, -0.1) is 11.3 Å². The van der Waals surface area contributed by atoms with Crippen LogP contribution in [-0.2, 0) is 17.8 Å². The van der Waals surface area contributed by atoms with E-state index in [0.717, 1.165) is 37.4 Å². The Morgan fingerprint density at radius 2 is 2.02 bits per heavy atom. The number of fused-ring (bicyclic) bond motifs is 2. The van der Waals surface area contributed by atoms with E-state index in [4.69, 9.17) is 28.3 Å². The monoisotopic (exact) mass is 654 g/mol. The first-order valence-electron chi connectivity index (χ1n) is 14.2. The summed E-state index contributed by atoms with van der Waals surface area (Å²) in [4.78, 5) is 26.8. The van der Waals surface area contributed by atoms with Gasteiger partial charge in [0.1, 0.15) is 11.7 Å². The number of nitrogens with zero attached hydrogens (tertiary/aromatic N) is 7. The van der Waals surface area contributed by atoms with Crippen LogP contribution in [-0.4, -0.2) is 85.7 Å². The highest BCUT2D eigenvalue weighted by atomic mass is 35.5. The first-order valence-corrected chi connectivity index (χ1v) is 15.9. The van der Waals surface area contributed by atoms with Crippen molar-refractivity contribution in [2.45, 2.75) is 31.3 Å². The van der Waals surface area contributed by atoms with E-state index in [1.165, 1.54) is 16.0 Å². The predicted molar refractivity (Wildman–Crippen MR) is 171 cm³/mol. The molecule has 3 aromatic heterocycles. The van der Waals surface area contributed by atoms with Crippen molar-refractivity contribution in [3.05, 3.63) is 75.9 Å². The minimum absolute atomic E-state index is 0.162. The number of likely N-dealkylation sites (tertiary alicyclic amines) is 1. The number of likely N-dealkylation sites (N-methyl/N-ethyl adjacent to an activating group) is 1. The Morgan fingerprint density at radius 1 is 1.23 bits per heavy atom. The Hall–Kier alpha value is -3.55. The van der Waals surface area contributed by atoms with Gasteiger partial charge >= 0.3 is 0 Å². The lowest BCUT2D eigenvalue weighted by Gasteiger charge is -2.37. The fraction of sp³-hybridized carbons (Fsp3) is 0.333. The molecule has 228 valence electrons. The number of β-amino-alcohol motifs (C(OH)–C–C–N with tert-alkyl or cyclic N) is 1. The molecular weight excluding hydrogens is 626 g/mol. The van der Waals surface area contributed by atoms with E-state index in [1.807, 2.05) is 31.3 Å². The lowest BCUT2D eigenvalue weighted by Crippen LogP contribution is -2.52. The average Bonchev–Trinajstić information content (AvgIpc) is 3.79. The molecule has 5 heterocycles. The van der Waals surface area contributed by atoms with Crippen molar-refractivity contribution >= 4 is 62.2 Å². The first kappa shape index (κ1) is 29.2. The SMILES string of the molecule is CN(CCN1CC(O)C1)c1ccc(-c2cc(Cl)c3cn(C(C(=O)Nc4nccs4)c4ncn5c4CC(F)C5)nc3c2Cl)cc1. The van der Waals surface area contributed by atoms with Crippen LogP contribution in [0.5, 0.6) is 0 Å². The number of aromatic nitrogens is 5. The largest absolute Gasteiger partial charge is 0.390 e. The smallest absolute Gasteiger partial charge is 0.257 e. The summed E-state index contributed by atoms with van der Waals surface area (Å²) in [5.74, 6) is -0.408. The van der Waals surface area contributed by atoms with Crippen LogP contribution in [0, 0.1) is 0 Å². The molecule has 44 heavy (non-hydrogen) atoms. The highest BCUT2D eigenvalue weighted by molar-refractivity contribution is 7.13. The third-order valence-corrected chi connectivity index (χ3v) is 9.62. The van der Waals surface area contributed by atoms with Gasteiger partial charge in [-0.2, -0.15) is 5.10 Å². The van der Waals surface area contributed by atoms with E-state index in [9.17, 15) is 14.3 Å². The molecule has 1 amide bonds. The number of aliphatic hydroxyl groups excluding tert-OH is 1. The van der Waals surface area contributed by atoms with Crippen molar-refractivity contribution in [1.82, 2.24) is 29.2 Å². The van der Waals surface area contributed by atoms with Crippen molar-refractivity contribution in [2.75, 3.05) is 43.4 Å². The zero-order valence-electron chi connectivity index (χ0n) is 23.7. The molecule has 0 spiro atoms. The summed E-state index contributed by atoms with van der Waals surface area (Å²) >= 11 is 15.1. The van der Waals surface area contributed by atoms with Crippen molar-refractivity contribution < 1.29 is 14.3 Å². The maximum Gasteiger partial charge on any atom is 0.257 e. The lowest BCUT2D eigenvalue weighted by atomic mass is 10.0. The number of hydrogen-bond acceptors (Lipinski definition) is 8. The molecule has 5 aromatic rings. The van der Waals surface area contributed by atoms with Crippen molar-refractivity contribution in [3.63, 3.8) is 0 Å². The number of nitrogens with one attached hydrogen (secondary N) is 1. The number of carbonyl (C=O) groups is 1. The molecule has 1 fully saturated rings. The Morgan fingerprint density at radius 3 is 2.75 bits per heavy atom. The molecule has 2 N–H and O–H groups in total. The van der Waals surface area contributed by atoms with E-state index in [2.05, 4.69) is 25.1 Å². The number of benzene rings is 2. The van der Waals surface area contributed by atoms with E-state index >= 15 is 0 Å². The van der Waals surface area contributed by atoms with Gasteiger partial charge in [-0.3, -0.25) is 19.7 Å². The summed E-state index contributed by atoms with van der Waals surface area (Å²) in [7, 11) is 2.04. The number of halogens is 3. The van der Waals surface area contributed by atoms with Gasteiger partial charge in [-0.25, -0.2) is 14.4 Å². The van der Waals surface area contributed by atoms with Crippen LogP contribution in [0.1, 0.15) is 17.4 Å². The first-order chi connectivity index (χ1) is 21.2. The zero-order chi connectivity index (χ0) is 30.5. The normalized spacial score (nSPS) is 17.5. The highest BCUT2D eigenvalue weighted by Crippen LogP contribution is 2.40. The van der Waals surface area contributed by atoms with Crippen molar-refractivity contribution in [3.8, 4) is 11.1 Å². The molecule has 2 aliphatic heterocycles. The molecule has 2 aliphatic rings. The van der Waals surface area contributed by atoms with E-state index in [-0.39, 0.29) is 19.1 Å². The molecule has 1 saturated heterocycles. The summed E-state index contributed by atoms with van der Waals surface area (Å²) in [6.07, 6.45) is 3.76. The molecule has 2 unspecified atom stereocenters. The number of rotatable bonds is 9. The summed E-state index contributed by atoms with van der Waals surface area (Å²) in [5.41, 5.74) is 4.16. The van der Waals surface area contributed by atoms with Crippen LogP contribution in [0.4, 0.5) is 15.2 Å². The molecule has 7 rings (SSSR count). The van der Waals surface area contributed by atoms with E-state index in [0.29, 0.717) is 43.0 Å². The van der Waals surface area contributed by atoms with Gasteiger partial charge < -0.3 is 14.6 Å². The minimum Gasteiger partial charge on any atom is -0.390 e. The maximum atomic E-state index is 14.3. The second-order valence-electron chi connectivity index (χ2n) is 11.2. The van der Waals surface area contributed by atoms with Gasteiger partial charge in [0, 0.05) is 79.8 Å². The molecule has 2 atom stereocenters. The van der Waals surface area contributed by atoms with Crippen molar-refractivity contribution in [1.29, 1.82) is 0 Å². The van der Waals surface area contributed by atoms with Crippen LogP contribution >= 0.6 is 34.5 Å². The standard InChI is InChI=1S/C30H29Cl2FN8O2S/c1-38(7-8-39-13-20(42)14-39)19-4-2-17(3-5-19)21-11-23(31)22-15-41(37-26(22)25(21)32)28(29(43)36-30-34-6-9-44-30)27-24-10-18(33)12-40(24)16-35-27/h2-6,9,11,15-16,18,20,28,42H,7-8,10,12-14H2,1H3,(H,34,36,43). The van der Waals surface area contributed by atoms with Gasteiger partial charge in [0.2, 0.25) is 0 Å². The fourth-order valence-electron chi connectivity index (χ4n) is 5.85. The highest BCUT2D eigenvalue weighted by Gasteiger charge is 2.34. The number of thiazole rings is 1. The van der Waals surface area contributed by atoms with Crippen LogP contribution in [0.2, 0.25) is 10.0 Å². The van der Waals surface area contributed by atoms with Crippen LogP contribution in [0.15, 0.2) is 54.4 Å². The molecule has 0 saturated carbocycles. The number of aliphatic hydroxyl groups is 1. The molecule has 0 radical (unpaired) electrons. The number of amides is 1. The molecule has 10 nitrogen and oxygen atoms in total. The summed E-state index contributed by atoms with van der Waals surface area (Å²) < 4.78 is 17.6. The molecule has 14 heteroatoms. The maximum absolute atomic E-state index is 14.3. The zero-order valence-corrected chi connectivity index (χ0v) is 26.0. The predicted octanol–water partition coefficient (Wildman–Crippen LogP) is 4.90. The third kappa shape index (κ3) is 5.45. The Balaban J connectivity index is 1.20. The molecule has 2 aromatic carbocycles. The van der Waals surface area contributed by atoms with Crippen LogP contribution < -0.4 is 10.2 Å². The van der Waals surface area contributed by atoms with Gasteiger partial charge in [0.15, 0.2) is 11.2 Å². The topological polar surface area (TPSA) is 104 Å². The number of hydrogen-bond donors (Lipinski definition) is 2. The molecule has 0 aliphatic carbocycles. The second kappa shape index (κ2) is 11.8. The third-order valence-electron chi connectivity index (χ3n) is 8.24. The molecular formula is C30H29Cl2FN8O2S. The number of anilines is 2. The van der Waals surface area contributed by atoms with Crippen LogP contribution in [0.25, 0.3) is 22.0 Å². The van der Waals surface area contributed by atoms with Gasteiger partial charge in [0.25, 0.3) is 5.91 Å². The Labute approximate surface area is 266 Å². The average molecular weight is 656 g/mol. The quantitative estimate of drug-likeness (QED) is 0.233. The van der Waals surface area contributed by atoms with Gasteiger partial charge in [0.05, 0.1) is 34.7 Å². The van der Waals surface area contributed by atoms with E-state index < -0.39 is 18.1 Å². The van der Waals surface area contributed by atoms with E-state index in [1.54, 1.807) is 34.7 Å². The fourth-order valence-corrected chi connectivity index (χ4v) is 6.94. The summed E-state index contributed by atoms with van der Waals surface area (Å²) in [6, 6.07) is 8.85. The Kier molecular flexibility index (Phi) is 7.79. The number of alkyl halides is 1. The van der Waals surface area contributed by atoms with Gasteiger partial charge in [-0.1, -0.05) is 35.3 Å². The lowest BCUT2D eigenvalue weighted by molar-refractivity contribution is -0.118. The minimum atomic E-state index is -1.04. The second-order valence-corrected chi connectivity index (χ2v) is 12.9. The van der Waals surface area contributed by atoms with Crippen LogP contribution in [0.3, 0.4) is 0 Å². The van der Waals surface area contributed by atoms with Crippen molar-refractivity contribution in [2.24, 2.45) is 0 Å². The van der Waals surface area contributed by atoms with Gasteiger partial charge in [-0.05, 0) is 23.8 Å². The Bertz CT molecular complexity index is 1820. The molecule has 0 bridgehead atoms.